The van der Waals surface area contributed by atoms with Crippen LogP contribution in [-0.2, 0) is 4.79 Å². The van der Waals surface area contributed by atoms with E-state index in [1.165, 1.54) is 25.7 Å². The first-order valence-electron chi connectivity index (χ1n) is 7.03. The fourth-order valence-electron chi connectivity index (χ4n) is 2.86. The molecule has 4 heteroatoms. The number of carboxylic acid groups (broad SMARTS) is 1. The summed E-state index contributed by atoms with van der Waals surface area (Å²) in [7, 11) is 3.85. The fraction of sp³-hybridized carbons (Fsp3) is 0.929. The lowest BCUT2D eigenvalue weighted by Crippen LogP contribution is -2.50. The van der Waals surface area contributed by atoms with Crippen molar-refractivity contribution in [2.75, 3.05) is 20.6 Å². The molecule has 18 heavy (non-hydrogen) atoms. The van der Waals surface area contributed by atoms with Crippen LogP contribution in [0, 0.1) is 5.92 Å². The van der Waals surface area contributed by atoms with Gasteiger partial charge < -0.3 is 15.3 Å². The lowest BCUT2D eigenvalue weighted by molar-refractivity contribution is -0.144. The molecular formula is C14H28N2O2. The Morgan fingerprint density at radius 1 is 1.44 bits per heavy atom. The van der Waals surface area contributed by atoms with Crippen molar-refractivity contribution in [3.63, 3.8) is 0 Å². The summed E-state index contributed by atoms with van der Waals surface area (Å²) in [6.45, 7) is 4.90. The van der Waals surface area contributed by atoms with Crippen molar-refractivity contribution >= 4 is 5.97 Å². The van der Waals surface area contributed by atoms with E-state index in [0.717, 1.165) is 12.5 Å². The highest BCUT2D eigenvalue weighted by Crippen LogP contribution is 2.27. The van der Waals surface area contributed by atoms with Crippen molar-refractivity contribution in [3.8, 4) is 0 Å². The van der Waals surface area contributed by atoms with Crippen LogP contribution < -0.4 is 5.32 Å². The molecule has 0 spiro atoms. The number of carboxylic acids is 1. The van der Waals surface area contributed by atoms with E-state index in [1.54, 1.807) is 14.0 Å². The van der Waals surface area contributed by atoms with Gasteiger partial charge in [-0.05, 0) is 46.2 Å². The van der Waals surface area contributed by atoms with Gasteiger partial charge in [0.2, 0.25) is 0 Å². The second-order valence-electron chi connectivity index (χ2n) is 5.95. The van der Waals surface area contributed by atoms with Gasteiger partial charge in [-0.25, -0.2) is 0 Å². The van der Waals surface area contributed by atoms with Gasteiger partial charge in [0.05, 0.1) is 0 Å². The summed E-state index contributed by atoms with van der Waals surface area (Å²) in [5.41, 5.74) is -0.813. The second kappa shape index (κ2) is 6.53. The maximum atomic E-state index is 11.2. The van der Waals surface area contributed by atoms with Gasteiger partial charge in [-0.2, -0.15) is 0 Å². The molecule has 0 aromatic carbocycles. The molecule has 0 heterocycles. The van der Waals surface area contributed by atoms with Gasteiger partial charge in [0.1, 0.15) is 5.54 Å². The van der Waals surface area contributed by atoms with E-state index in [2.05, 4.69) is 24.2 Å². The third kappa shape index (κ3) is 3.69. The molecule has 3 atom stereocenters. The molecule has 1 rings (SSSR count). The van der Waals surface area contributed by atoms with Gasteiger partial charge in [-0.15, -0.1) is 0 Å². The number of nitrogens with one attached hydrogen (secondary N) is 1. The molecule has 4 nitrogen and oxygen atoms in total. The Kier molecular flexibility index (Phi) is 5.60. The van der Waals surface area contributed by atoms with Crippen LogP contribution in [0.25, 0.3) is 0 Å². The van der Waals surface area contributed by atoms with Crippen molar-refractivity contribution in [3.05, 3.63) is 0 Å². The lowest BCUT2D eigenvalue weighted by atomic mass is 9.84. The van der Waals surface area contributed by atoms with Gasteiger partial charge in [0, 0.05) is 12.6 Å². The van der Waals surface area contributed by atoms with Gasteiger partial charge in [0.25, 0.3) is 0 Å². The molecule has 1 saturated carbocycles. The quantitative estimate of drug-likeness (QED) is 0.762. The monoisotopic (exact) mass is 256 g/mol. The van der Waals surface area contributed by atoms with E-state index < -0.39 is 11.5 Å². The predicted molar refractivity (Wildman–Crippen MR) is 73.8 cm³/mol. The number of aliphatic carboxylic acids is 1. The van der Waals surface area contributed by atoms with Crippen molar-refractivity contribution < 1.29 is 9.90 Å². The van der Waals surface area contributed by atoms with Crippen LogP contribution in [0.5, 0.6) is 0 Å². The van der Waals surface area contributed by atoms with Crippen molar-refractivity contribution in [1.29, 1.82) is 0 Å². The minimum atomic E-state index is -0.813. The van der Waals surface area contributed by atoms with Gasteiger partial charge in [-0.3, -0.25) is 4.79 Å². The highest BCUT2D eigenvalue weighted by atomic mass is 16.4. The van der Waals surface area contributed by atoms with E-state index in [0.29, 0.717) is 12.5 Å². The highest BCUT2D eigenvalue weighted by molar-refractivity contribution is 5.78. The third-order valence-electron chi connectivity index (χ3n) is 4.62. The van der Waals surface area contributed by atoms with E-state index in [1.807, 2.05) is 0 Å². The predicted octanol–water partition coefficient (Wildman–Crippen LogP) is 1.95. The molecular weight excluding hydrogens is 228 g/mol. The number of carbonyl (C=O) groups is 1. The summed E-state index contributed by atoms with van der Waals surface area (Å²) in [5.74, 6) is -0.0375. The Hall–Kier alpha value is -0.610. The molecule has 1 aliphatic carbocycles. The average molecular weight is 256 g/mol. The molecule has 1 fully saturated rings. The zero-order valence-electron chi connectivity index (χ0n) is 12.2. The minimum absolute atomic E-state index is 0.619. The maximum absolute atomic E-state index is 11.2. The Morgan fingerprint density at radius 2 is 2.06 bits per heavy atom. The standard InChI is InChI=1S/C14H28N2O2/c1-11-7-5-6-8-12(11)16(4)10-9-14(2,15-3)13(17)18/h11-12,15H,5-10H2,1-4H3,(H,17,18). The van der Waals surface area contributed by atoms with Crippen LogP contribution in [0.1, 0.15) is 46.0 Å². The van der Waals surface area contributed by atoms with Gasteiger partial charge in [-0.1, -0.05) is 19.8 Å². The van der Waals surface area contributed by atoms with E-state index in [-0.39, 0.29) is 0 Å². The summed E-state index contributed by atoms with van der Waals surface area (Å²) in [4.78, 5) is 13.6. The third-order valence-corrected chi connectivity index (χ3v) is 4.62. The molecule has 0 aliphatic heterocycles. The number of hydrogen-bond acceptors (Lipinski definition) is 3. The Balaban J connectivity index is 2.49. The Labute approximate surface area is 111 Å². The normalized spacial score (nSPS) is 28.1. The van der Waals surface area contributed by atoms with E-state index in [4.69, 9.17) is 0 Å². The molecule has 0 bridgehead atoms. The molecule has 106 valence electrons. The first-order valence-corrected chi connectivity index (χ1v) is 7.03. The minimum Gasteiger partial charge on any atom is -0.480 e. The number of hydrogen-bond donors (Lipinski definition) is 2. The molecule has 0 radical (unpaired) electrons. The van der Waals surface area contributed by atoms with Crippen molar-refractivity contribution in [2.24, 2.45) is 5.92 Å². The molecule has 2 N–H and O–H groups in total. The van der Waals surface area contributed by atoms with E-state index >= 15 is 0 Å². The topological polar surface area (TPSA) is 52.6 Å². The number of rotatable bonds is 6. The van der Waals surface area contributed by atoms with Crippen molar-refractivity contribution in [1.82, 2.24) is 10.2 Å². The van der Waals surface area contributed by atoms with Crippen LogP contribution >= 0.6 is 0 Å². The molecule has 1 aliphatic rings. The molecule has 0 amide bonds. The first-order chi connectivity index (χ1) is 8.40. The maximum Gasteiger partial charge on any atom is 0.323 e. The Morgan fingerprint density at radius 3 is 2.56 bits per heavy atom. The van der Waals surface area contributed by atoms with E-state index in [9.17, 15) is 9.90 Å². The second-order valence-corrected chi connectivity index (χ2v) is 5.95. The largest absolute Gasteiger partial charge is 0.480 e. The van der Waals surface area contributed by atoms with Crippen LogP contribution in [0.3, 0.4) is 0 Å². The van der Waals surface area contributed by atoms with Crippen LogP contribution in [0.4, 0.5) is 0 Å². The SMILES string of the molecule is CNC(C)(CCN(C)C1CCCCC1C)C(=O)O. The molecule has 0 aromatic rings. The summed E-state index contributed by atoms with van der Waals surface area (Å²) in [6, 6.07) is 0.619. The van der Waals surface area contributed by atoms with Gasteiger partial charge >= 0.3 is 5.97 Å². The highest BCUT2D eigenvalue weighted by Gasteiger charge is 2.32. The fourth-order valence-corrected chi connectivity index (χ4v) is 2.86. The summed E-state index contributed by atoms with van der Waals surface area (Å²) in [5, 5.41) is 12.1. The summed E-state index contributed by atoms with van der Waals surface area (Å²) < 4.78 is 0. The first kappa shape index (κ1) is 15.4. The number of likely N-dealkylation sites (N-methyl/N-ethyl adjacent to an activating group) is 1. The van der Waals surface area contributed by atoms with Crippen LogP contribution in [0.15, 0.2) is 0 Å². The molecule has 3 unspecified atom stereocenters. The van der Waals surface area contributed by atoms with Crippen molar-refractivity contribution in [2.45, 2.75) is 57.5 Å². The Bertz CT molecular complexity index is 283. The van der Waals surface area contributed by atoms with Crippen LogP contribution in [0.2, 0.25) is 0 Å². The number of nitrogens with zero attached hydrogens (tertiary/aromatic N) is 1. The summed E-state index contributed by atoms with van der Waals surface area (Å²) >= 11 is 0. The zero-order valence-corrected chi connectivity index (χ0v) is 12.2. The smallest absolute Gasteiger partial charge is 0.323 e. The molecule has 0 aromatic heterocycles. The summed E-state index contributed by atoms with van der Waals surface area (Å²) in [6.07, 6.45) is 5.84. The van der Waals surface area contributed by atoms with Gasteiger partial charge in [0.15, 0.2) is 0 Å². The lowest BCUT2D eigenvalue weighted by Gasteiger charge is -2.37. The molecule has 0 saturated heterocycles. The van der Waals surface area contributed by atoms with Crippen LogP contribution in [-0.4, -0.2) is 48.2 Å². The zero-order chi connectivity index (χ0) is 13.8. The average Bonchev–Trinajstić information content (AvgIpc) is 2.35.